The van der Waals surface area contributed by atoms with Gasteiger partial charge < -0.3 is 5.73 Å². The minimum Gasteiger partial charge on any atom is -0.326 e. The second kappa shape index (κ2) is 7.63. The Bertz CT molecular complexity index is 333. The van der Waals surface area contributed by atoms with Gasteiger partial charge in [-0.3, -0.25) is 0 Å². The summed E-state index contributed by atoms with van der Waals surface area (Å²) in [6, 6.07) is 19.3. The van der Waals surface area contributed by atoms with Crippen molar-refractivity contribution in [2.45, 2.75) is 13.2 Å². The van der Waals surface area contributed by atoms with E-state index in [1.807, 2.05) is 60.7 Å². The smallest absolute Gasteiger partial charge is 0.107 e. The highest BCUT2D eigenvalue weighted by atomic mass is 16.3. The van der Waals surface area contributed by atoms with Crippen molar-refractivity contribution in [1.82, 2.24) is 0 Å². The first-order valence-corrected chi connectivity index (χ1v) is 5.23. The van der Waals surface area contributed by atoms with E-state index in [4.69, 9.17) is 5.73 Å². The van der Waals surface area contributed by atoms with Crippen molar-refractivity contribution in [1.29, 1.82) is 0 Å². The quantitative estimate of drug-likeness (QED) is 0.820. The largest absolute Gasteiger partial charge is 0.326 e. The van der Waals surface area contributed by atoms with Crippen molar-refractivity contribution < 1.29 is 5.11 Å². The third-order valence-electron chi connectivity index (χ3n) is 2.09. The summed E-state index contributed by atoms with van der Waals surface area (Å²) in [7, 11) is 0. The maximum atomic E-state index is 10.1. The molecule has 0 fully saturated rings. The Morgan fingerprint density at radius 3 is 1.44 bits per heavy atom. The highest BCUT2D eigenvalue weighted by molar-refractivity contribution is 5.14. The van der Waals surface area contributed by atoms with Crippen LogP contribution >= 0.6 is 0 Å². The van der Waals surface area contributed by atoms with Gasteiger partial charge in [0.1, 0.15) is 6.61 Å². The Balaban J connectivity index is 0.000000160. The maximum Gasteiger partial charge on any atom is 0.107 e. The molecule has 2 nitrogen and oxygen atoms in total. The van der Waals surface area contributed by atoms with Crippen molar-refractivity contribution >= 4 is 0 Å². The lowest BCUT2D eigenvalue weighted by atomic mass is 10.2. The predicted molar refractivity (Wildman–Crippen MR) is 65.2 cm³/mol. The van der Waals surface area contributed by atoms with E-state index in [0.29, 0.717) is 6.54 Å². The van der Waals surface area contributed by atoms with Crippen LogP contribution in [-0.2, 0) is 18.3 Å². The fourth-order valence-corrected chi connectivity index (χ4v) is 1.19. The molecule has 2 rings (SSSR count). The van der Waals surface area contributed by atoms with E-state index in [1.54, 1.807) is 0 Å². The molecule has 0 saturated heterocycles. The molecule has 2 heteroatoms. The summed E-state index contributed by atoms with van der Waals surface area (Å²) in [5, 5.41) is 10.1. The second-order valence-electron chi connectivity index (χ2n) is 3.32. The van der Waals surface area contributed by atoms with E-state index >= 15 is 0 Å². The molecule has 0 aromatic heterocycles. The van der Waals surface area contributed by atoms with E-state index in [1.165, 1.54) is 5.56 Å². The predicted octanol–water partition coefficient (Wildman–Crippen LogP) is 2.76. The number of benzene rings is 2. The van der Waals surface area contributed by atoms with Crippen molar-refractivity contribution in [2.75, 3.05) is 0 Å². The molecule has 0 bridgehead atoms. The van der Waals surface area contributed by atoms with Crippen LogP contribution in [0.1, 0.15) is 11.1 Å². The molecule has 2 aromatic rings. The SMILES string of the molecule is NCc1ccccc1.[O]Cc1ccccc1. The van der Waals surface area contributed by atoms with Gasteiger partial charge in [0.25, 0.3) is 0 Å². The second-order valence-corrected chi connectivity index (χ2v) is 3.32. The zero-order valence-electron chi connectivity index (χ0n) is 9.17. The van der Waals surface area contributed by atoms with E-state index in [0.717, 1.165) is 5.56 Å². The highest BCUT2D eigenvalue weighted by Crippen LogP contribution is 1.96. The topological polar surface area (TPSA) is 45.9 Å². The first-order valence-electron chi connectivity index (χ1n) is 5.23. The van der Waals surface area contributed by atoms with Crippen LogP contribution in [0, 0.1) is 0 Å². The molecule has 0 amide bonds. The molecule has 0 spiro atoms. The molecule has 0 unspecified atom stereocenters. The van der Waals surface area contributed by atoms with E-state index in [-0.39, 0.29) is 6.61 Å². The molecular formula is C14H16NO. The Hall–Kier alpha value is -1.64. The summed E-state index contributed by atoms with van der Waals surface area (Å²) in [5.74, 6) is 0. The summed E-state index contributed by atoms with van der Waals surface area (Å²) in [6.07, 6.45) is 0. The van der Waals surface area contributed by atoms with Gasteiger partial charge in [-0.15, -0.1) is 0 Å². The van der Waals surface area contributed by atoms with Crippen molar-refractivity contribution in [3.05, 3.63) is 71.8 Å². The molecule has 16 heavy (non-hydrogen) atoms. The van der Waals surface area contributed by atoms with Gasteiger partial charge in [-0.1, -0.05) is 60.7 Å². The van der Waals surface area contributed by atoms with Gasteiger partial charge in [-0.2, -0.15) is 0 Å². The summed E-state index contributed by atoms with van der Waals surface area (Å²) in [4.78, 5) is 0. The summed E-state index contributed by atoms with van der Waals surface area (Å²) in [5.41, 5.74) is 7.39. The number of rotatable bonds is 2. The minimum absolute atomic E-state index is 0.110. The molecule has 0 saturated carbocycles. The molecule has 2 N–H and O–H groups in total. The first-order chi connectivity index (χ1) is 7.86. The summed E-state index contributed by atoms with van der Waals surface area (Å²) < 4.78 is 0. The van der Waals surface area contributed by atoms with Crippen LogP contribution in [0.2, 0.25) is 0 Å². The van der Waals surface area contributed by atoms with Crippen LogP contribution in [0.5, 0.6) is 0 Å². The van der Waals surface area contributed by atoms with Crippen LogP contribution in [-0.4, -0.2) is 0 Å². The summed E-state index contributed by atoms with van der Waals surface area (Å²) >= 11 is 0. The third kappa shape index (κ3) is 4.73. The van der Waals surface area contributed by atoms with Crippen molar-refractivity contribution in [3.8, 4) is 0 Å². The Morgan fingerprint density at radius 2 is 1.19 bits per heavy atom. The third-order valence-corrected chi connectivity index (χ3v) is 2.09. The van der Waals surface area contributed by atoms with Gasteiger partial charge in [-0.05, 0) is 11.1 Å². The summed E-state index contributed by atoms with van der Waals surface area (Å²) in [6.45, 7) is 0.529. The van der Waals surface area contributed by atoms with Crippen molar-refractivity contribution in [3.63, 3.8) is 0 Å². The Labute approximate surface area is 96.4 Å². The van der Waals surface area contributed by atoms with Crippen LogP contribution in [0.4, 0.5) is 0 Å². The molecule has 0 aliphatic carbocycles. The number of nitrogens with two attached hydrogens (primary N) is 1. The van der Waals surface area contributed by atoms with Crippen LogP contribution in [0.15, 0.2) is 60.7 Å². The highest BCUT2D eigenvalue weighted by Gasteiger charge is 1.82. The Morgan fingerprint density at radius 1 is 0.750 bits per heavy atom. The van der Waals surface area contributed by atoms with Gasteiger partial charge in [-0.25, -0.2) is 5.11 Å². The average Bonchev–Trinajstić information content (AvgIpc) is 2.41. The van der Waals surface area contributed by atoms with Crippen LogP contribution in [0.25, 0.3) is 0 Å². The first kappa shape index (κ1) is 12.4. The fourth-order valence-electron chi connectivity index (χ4n) is 1.19. The molecule has 0 aliphatic rings. The number of hydrogen-bond acceptors (Lipinski definition) is 1. The van der Waals surface area contributed by atoms with E-state index in [2.05, 4.69) is 0 Å². The molecule has 1 radical (unpaired) electrons. The zero-order chi connectivity index (χ0) is 11.6. The standard InChI is InChI=1S/C7H9N.C7H7O/c2*8-6-7-4-2-1-3-5-7/h1-5H,6,8H2;1-5H,6H2. The minimum atomic E-state index is -0.110. The van der Waals surface area contributed by atoms with Crippen molar-refractivity contribution in [2.24, 2.45) is 5.73 Å². The van der Waals surface area contributed by atoms with Gasteiger partial charge in [0.05, 0.1) is 0 Å². The van der Waals surface area contributed by atoms with E-state index in [9.17, 15) is 5.11 Å². The van der Waals surface area contributed by atoms with Crippen LogP contribution in [0.3, 0.4) is 0 Å². The molecular weight excluding hydrogens is 198 g/mol. The van der Waals surface area contributed by atoms with Gasteiger partial charge >= 0.3 is 0 Å². The van der Waals surface area contributed by atoms with Gasteiger partial charge in [0.15, 0.2) is 0 Å². The number of hydrogen-bond donors (Lipinski definition) is 1. The Kier molecular flexibility index (Phi) is 5.92. The van der Waals surface area contributed by atoms with Crippen LogP contribution < -0.4 is 5.73 Å². The molecule has 83 valence electrons. The van der Waals surface area contributed by atoms with Gasteiger partial charge in [0.2, 0.25) is 0 Å². The lowest BCUT2D eigenvalue weighted by Gasteiger charge is -1.90. The fraction of sp³-hybridized carbons (Fsp3) is 0.143. The monoisotopic (exact) mass is 214 g/mol. The van der Waals surface area contributed by atoms with E-state index < -0.39 is 0 Å². The lowest BCUT2D eigenvalue weighted by molar-refractivity contribution is 0.177. The average molecular weight is 214 g/mol. The van der Waals surface area contributed by atoms with Gasteiger partial charge in [0, 0.05) is 6.54 Å². The molecule has 0 atom stereocenters. The normalized spacial score (nSPS) is 9.12. The molecule has 0 aliphatic heterocycles. The molecule has 2 aromatic carbocycles. The maximum absolute atomic E-state index is 10.1. The zero-order valence-corrected chi connectivity index (χ0v) is 9.17. The molecule has 0 heterocycles. The lowest BCUT2D eigenvalue weighted by Crippen LogP contribution is -1.94.